The molecule has 2 atom stereocenters. The molecule has 0 spiro atoms. The van der Waals surface area contributed by atoms with Gasteiger partial charge in [0.1, 0.15) is 6.04 Å². The zero-order chi connectivity index (χ0) is 13.3. The van der Waals surface area contributed by atoms with Crippen molar-refractivity contribution in [2.24, 2.45) is 5.92 Å². The van der Waals surface area contributed by atoms with Gasteiger partial charge in [-0.25, -0.2) is 0 Å². The first-order valence-corrected chi connectivity index (χ1v) is 6.50. The van der Waals surface area contributed by atoms with E-state index in [1.165, 1.54) is 6.07 Å². The van der Waals surface area contributed by atoms with Crippen LogP contribution < -0.4 is 0 Å². The molecule has 0 aliphatic carbocycles. The van der Waals surface area contributed by atoms with Crippen LogP contribution in [0.25, 0.3) is 0 Å². The van der Waals surface area contributed by atoms with E-state index in [9.17, 15) is 20.0 Å². The van der Waals surface area contributed by atoms with Gasteiger partial charge in [0, 0.05) is 17.5 Å². The molecule has 1 aromatic rings. The Hall–Kier alpha value is -1.47. The van der Waals surface area contributed by atoms with Crippen LogP contribution in [0.3, 0.4) is 0 Å². The normalized spacial score (nSPS) is 24.3. The molecule has 0 saturated carbocycles. The molecule has 0 bridgehead atoms. The van der Waals surface area contributed by atoms with E-state index in [0.717, 1.165) is 29.2 Å². The number of rotatable bonds is 4. The summed E-state index contributed by atoms with van der Waals surface area (Å²) in [5.41, 5.74) is 0. The molecular weight excluding hydrogens is 256 g/mol. The summed E-state index contributed by atoms with van der Waals surface area (Å²) in [5, 5.41) is 19.9. The largest absolute Gasteiger partial charge is 0.480 e. The Bertz CT molecular complexity index is 473. The Morgan fingerprint density at radius 1 is 1.67 bits per heavy atom. The molecule has 0 amide bonds. The minimum absolute atomic E-state index is 0.101. The van der Waals surface area contributed by atoms with Crippen molar-refractivity contribution < 1.29 is 14.8 Å². The van der Waals surface area contributed by atoms with Gasteiger partial charge in [-0.05, 0) is 24.9 Å². The maximum atomic E-state index is 11.2. The molecule has 0 radical (unpaired) electrons. The summed E-state index contributed by atoms with van der Waals surface area (Å²) in [4.78, 5) is 24.1. The molecule has 1 saturated heterocycles. The number of carbonyl (C=O) groups is 1. The summed E-state index contributed by atoms with van der Waals surface area (Å²) in [6, 6.07) is 2.69. The van der Waals surface area contributed by atoms with Crippen LogP contribution in [-0.2, 0) is 11.3 Å². The molecular formula is C11H14N2O4S. The van der Waals surface area contributed by atoms with Crippen molar-refractivity contribution in [3.63, 3.8) is 0 Å². The maximum absolute atomic E-state index is 11.2. The highest BCUT2D eigenvalue weighted by Crippen LogP contribution is 2.30. The number of aliphatic carboxylic acids is 1. The predicted octanol–water partition coefficient (Wildman–Crippen LogP) is 1.95. The number of hydrogen-bond donors (Lipinski definition) is 1. The molecule has 1 aromatic heterocycles. The van der Waals surface area contributed by atoms with Crippen molar-refractivity contribution in [2.75, 3.05) is 6.54 Å². The van der Waals surface area contributed by atoms with E-state index in [4.69, 9.17) is 0 Å². The lowest BCUT2D eigenvalue weighted by atomic mass is 10.0. The predicted molar refractivity (Wildman–Crippen MR) is 66.6 cm³/mol. The molecule has 7 heteroatoms. The lowest BCUT2D eigenvalue weighted by Gasteiger charge is -2.22. The molecule has 1 N–H and O–H groups in total. The lowest BCUT2D eigenvalue weighted by molar-refractivity contribution is -0.380. The topological polar surface area (TPSA) is 83.7 Å². The molecule has 1 aliphatic rings. The van der Waals surface area contributed by atoms with Crippen molar-refractivity contribution in [3.8, 4) is 0 Å². The number of hydrogen-bond acceptors (Lipinski definition) is 5. The average molecular weight is 270 g/mol. The third kappa shape index (κ3) is 2.51. The zero-order valence-electron chi connectivity index (χ0n) is 9.91. The van der Waals surface area contributed by atoms with E-state index in [2.05, 4.69) is 0 Å². The van der Waals surface area contributed by atoms with Crippen molar-refractivity contribution >= 4 is 22.3 Å². The molecule has 6 nitrogen and oxygen atoms in total. The molecule has 2 unspecified atom stereocenters. The number of thiophene rings is 1. The summed E-state index contributed by atoms with van der Waals surface area (Å²) < 4.78 is 0. The third-order valence-electron chi connectivity index (χ3n) is 3.24. The fraction of sp³-hybridized carbons (Fsp3) is 0.545. The van der Waals surface area contributed by atoms with Gasteiger partial charge in [0.15, 0.2) is 0 Å². The highest BCUT2D eigenvalue weighted by molar-refractivity contribution is 7.15. The number of carboxylic acid groups (broad SMARTS) is 1. The fourth-order valence-electron chi connectivity index (χ4n) is 2.35. The second-order valence-electron chi connectivity index (χ2n) is 4.52. The van der Waals surface area contributed by atoms with Crippen LogP contribution in [0, 0.1) is 16.0 Å². The minimum Gasteiger partial charge on any atom is -0.480 e. The summed E-state index contributed by atoms with van der Waals surface area (Å²) in [6.07, 6.45) is 0.852. The second-order valence-corrected chi connectivity index (χ2v) is 5.66. The molecule has 98 valence electrons. The van der Waals surface area contributed by atoms with E-state index in [1.807, 2.05) is 11.8 Å². The molecule has 2 heterocycles. The summed E-state index contributed by atoms with van der Waals surface area (Å²) in [6.45, 7) is 3.12. The smallest absolute Gasteiger partial charge is 0.324 e. The molecule has 18 heavy (non-hydrogen) atoms. The van der Waals surface area contributed by atoms with E-state index in [1.54, 1.807) is 6.07 Å². The van der Waals surface area contributed by atoms with E-state index >= 15 is 0 Å². The van der Waals surface area contributed by atoms with Crippen LogP contribution in [0.2, 0.25) is 0 Å². The summed E-state index contributed by atoms with van der Waals surface area (Å²) >= 11 is 1.11. The van der Waals surface area contributed by atoms with Gasteiger partial charge in [-0.15, -0.1) is 0 Å². The van der Waals surface area contributed by atoms with E-state index in [0.29, 0.717) is 6.54 Å². The molecule has 1 fully saturated rings. The third-order valence-corrected chi connectivity index (χ3v) is 4.27. The van der Waals surface area contributed by atoms with Crippen LogP contribution in [-0.4, -0.2) is 33.5 Å². The monoisotopic (exact) mass is 270 g/mol. The van der Waals surface area contributed by atoms with Gasteiger partial charge in [-0.2, -0.15) is 0 Å². The van der Waals surface area contributed by atoms with Crippen LogP contribution in [0.1, 0.15) is 18.2 Å². The van der Waals surface area contributed by atoms with Crippen LogP contribution in [0.15, 0.2) is 12.1 Å². The first kappa shape index (κ1) is 13.0. The van der Waals surface area contributed by atoms with Gasteiger partial charge >= 0.3 is 11.0 Å². The minimum atomic E-state index is -0.814. The second kappa shape index (κ2) is 5.03. The number of carboxylic acids is 1. The average Bonchev–Trinajstić information content (AvgIpc) is 2.86. The van der Waals surface area contributed by atoms with Gasteiger partial charge in [-0.3, -0.25) is 19.8 Å². The van der Waals surface area contributed by atoms with Gasteiger partial charge in [0.25, 0.3) is 0 Å². The Morgan fingerprint density at radius 3 is 2.94 bits per heavy atom. The Kier molecular flexibility index (Phi) is 3.63. The van der Waals surface area contributed by atoms with Gasteiger partial charge < -0.3 is 5.11 Å². The number of likely N-dealkylation sites (tertiary alicyclic amines) is 1. The van der Waals surface area contributed by atoms with Crippen molar-refractivity contribution in [1.82, 2.24) is 4.90 Å². The van der Waals surface area contributed by atoms with Crippen molar-refractivity contribution in [3.05, 3.63) is 27.1 Å². The maximum Gasteiger partial charge on any atom is 0.324 e. The molecule has 0 aromatic carbocycles. The van der Waals surface area contributed by atoms with Crippen LogP contribution in [0.4, 0.5) is 5.00 Å². The highest BCUT2D eigenvalue weighted by atomic mass is 32.1. The Labute approximate surface area is 108 Å². The van der Waals surface area contributed by atoms with E-state index < -0.39 is 16.9 Å². The quantitative estimate of drug-likeness (QED) is 0.667. The number of nitro groups is 1. The molecule has 2 rings (SSSR count). The first-order chi connectivity index (χ1) is 8.49. The van der Waals surface area contributed by atoms with Crippen LogP contribution >= 0.6 is 11.3 Å². The molecule has 1 aliphatic heterocycles. The summed E-state index contributed by atoms with van der Waals surface area (Å²) in [7, 11) is 0. The Morgan fingerprint density at radius 2 is 2.39 bits per heavy atom. The lowest BCUT2D eigenvalue weighted by Crippen LogP contribution is -2.38. The standard InChI is InChI=1S/C11H14N2O4S/c1-7-4-5-12(10(7)11(14)15)6-8-2-3-9(18-8)13(16)17/h2-3,7,10H,4-6H2,1H3,(H,14,15). The van der Waals surface area contributed by atoms with Crippen molar-refractivity contribution in [2.45, 2.75) is 25.9 Å². The van der Waals surface area contributed by atoms with Gasteiger partial charge in [-0.1, -0.05) is 18.3 Å². The zero-order valence-corrected chi connectivity index (χ0v) is 10.7. The number of nitrogens with zero attached hydrogens (tertiary/aromatic N) is 2. The summed E-state index contributed by atoms with van der Waals surface area (Å²) in [5.74, 6) is -0.691. The fourth-order valence-corrected chi connectivity index (χ4v) is 3.20. The van der Waals surface area contributed by atoms with Crippen LogP contribution in [0.5, 0.6) is 0 Å². The van der Waals surface area contributed by atoms with Gasteiger partial charge in [0.2, 0.25) is 0 Å². The SMILES string of the molecule is CC1CCN(Cc2ccc([N+](=O)[O-])s2)C1C(=O)O. The van der Waals surface area contributed by atoms with Crippen molar-refractivity contribution in [1.29, 1.82) is 0 Å². The van der Waals surface area contributed by atoms with E-state index in [-0.39, 0.29) is 10.9 Å². The Balaban J connectivity index is 2.08. The van der Waals surface area contributed by atoms with Gasteiger partial charge in [0.05, 0.1) is 4.92 Å². The highest BCUT2D eigenvalue weighted by Gasteiger charge is 2.36. The first-order valence-electron chi connectivity index (χ1n) is 5.69.